The maximum absolute atomic E-state index is 5.51. The van der Waals surface area contributed by atoms with Crippen LogP contribution in [0.1, 0.15) is 25.3 Å². The van der Waals surface area contributed by atoms with Crippen LogP contribution >= 0.6 is 0 Å². The first-order valence-corrected chi connectivity index (χ1v) is 4.99. The summed E-state index contributed by atoms with van der Waals surface area (Å²) in [5.41, 5.74) is 6.64. The van der Waals surface area contributed by atoms with E-state index in [-0.39, 0.29) is 0 Å². The zero-order valence-electron chi connectivity index (χ0n) is 8.11. The van der Waals surface area contributed by atoms with Gasteiger partial charge in [0.05, 0.1) is 6.20 Å². The summed E-state index contributed by atoms with van der Waals surface area (Å²) in [6, 6.07) is 0. The molecule has 1 aromatic rings. The molecule has 1 aromatic heterocycles. The summed E-state index contributed by atoms with van der Waals surface area (Å²) in [6.45, 7) is 3.98. The minimum absolute atomic E-state index is 0.598. The Morgan fingerprint density at radius 2 is 2.38 bits per heavy atom. The van der Waals surface area contributed by atoms with Crippen LogP contribution in [-0.4, -0.2) is 9.78 Å². The zero-order chi connectivity index (χ0) is 9.26. The predicted molar refractivity (Wildman–Crippen MR) is 52.0 cm³/mol. The molecule has 0 spiro atoms. The standard InChI is InChI=1S/C10H17N3/c1-8-2-9(3-8)6-13-7-10(4-11)5-12-13/h5,7-9H,2-4,6,11H2,1H3. The van der Waals surface area contributed by atoms with Gasteiger partial charge in [0, 0.05) is 24.8 Å². The third kappa shape index (κ3) is 1.91. The maximum Gasteiger partial charge on any atom is 0.0534 e. The molecule has 3 heteroatoms. The summed E-state index contributed by atoms with van der Waals surface area (Å²) >= 11 is 0. The average molecular weight is 179 g/mol. The molecular formula is C10H17N3. The molecule has 3 nitrogen and oxygen atoms in total. The molecule has 1 fully saturated rings. The number of hydrogen-bond acceptors (Lipinski definition) is 2. The predicted octanol–water partition coefficient (Wildman–Crippen LogP) is 1.39. The third-order valence-electron chi connectivity index (χ3n) is 2.84. The lowest BCUT2D eigenvalue weighted by molar-refractivity contribution is 0.182. The van der Waals surface area contributed by atoms with E-state index in [2.05, 4.69) is 18.2 Å². The van der Waals surface area contributed by atoms with Gasteiger partial charge in [0.15, 0.2) is 0 Å². The van der Waals surface area contributed by atoms with Gasteiger partial charge >= 0.3 is 0 Å². The van der Waals surface area contributed by atoms with Gasteiger partial charge in [0.25, 0.3) is 0 Å². The van der Waals surface area contributed by atoms with E-state index in [1.54, 1.807) is 0 Å². The van der Waals surface area contributed by atoms with Crippen molar-refractivity contribution in [3.8, 4) is 0 Å². The first kappa shape index (κ1) is 8.75. The summed E-state index contributed by atoms with van der Waals surface area (Å²) in [5.74, 6) is 1.77. The van der Waals surface area contributed by atoms with Crippen molar-refractivity contribution in [3.63, 3.8) is 0 Å². The number of hydrogen-bond donors (Lipinski definition) is 1. The van der Waals surface area contributed by atoms with Crippen molar-refractivity contribution in [2.45, 2.75) is 32.9 Å². The van der Waals surface area contributed by atoms with Crippen LogP contribution in [-0.2, 0) is 13.1 Å². The molecule has 1 aliphatic carbocycles. The van der Waals surface area contributed by atoms with Gasteiger partial charge < -0.3 is 5.73 Å². The molecule has 0 bridgehead atoms. The molecule has 0 amide bonds. The van der Waals surface area contributed by atoms with Crippen LogP contribution in [0.5, 0.6) is 0 Å². The molecule has 1 saturated carbocycles. The Kier molecular flexibility index (Phi) is 2.36. The molecule has 0 unspecified atom stereocenters. The normalized spacial score (nSPS) is 27.2. The first-order valence-electron chi connectivity index (χ1n) is 4.99. The highest BCUT2D eigenvalue weighted by atomic mass is 15.3. The van der Waals surface area contributed by atoms with Crippen LogP contribution in [0.25, 0.3) is 0 Å². The van der Waals surface area contributed by atoms with Crippen molar-refractivity contribution < 1.29 is 0 Å². The quantitative estimate of drug-likeness (QED) is 0.762. The molecule has 2 N–H and O–H groups in total. The molecule has 0 saturated heterocycles. The molecule has 13 heavy (non-hydrogen) atoms. The van der Waals surface area contributed by atoms with E-state index in [9.17, 15) is 0 Å². The van der Waals surface area contributed by atoms with Crippen LogP contribution in [0, 0.1) is 11.8 Å². The lowest BCUT2D eigenvalue weighted by Crippen LogP contribution is -2.25. The van der Waals surface area contributed by atoms with E-state index in [0.717, 1.165) is 23.9 Å². The average Bonchev–Trinajstić information content (AvgIpc) is 2.50. The van der Waals surface area contributed by atoms with E-state index >= 15 is 0 Å². The van der Waals surface area contributed by atoms with Gasteiger partial charge in [-0.05, 0) is 24.7 Å². The fourth-order valence-corrected chi connectivity index (χ4v) is 2.09. The Bertz CT molecular complexity index is 273. The first-order chi connectivity index (χ1) is 6.28. The Balaban J connectivity index is 1.87. The zero-order valence-corrected chi connectivity index (χ0v) is 8.11. The van der Waals surface area contributed by atoms with Crippen LogP contribution in [0.2, 0.25) is 0 Å². The van der Waals surface area contributed by atoms with Crippen LogP contribution < -0.4 is 5.73 Å². The summed E-state index contributed by atoms with van der Waals surface area (Å²) in [4.78, 5) is 0. The minimum Gasteiger partial charge on any atom is -0.326 e. The Morgan fingerprint density at radius 1 is 1.62 bits per heavy atom. The number of rotatable bonds is 3. The van der Waals surface area contributed by atoms with Crippen LogP contribution in [0.4, 0.5) is 0 Å². The monoisotopic (exact) mass is 179 g/mol. The van der Waals surface area contributed by atoms with Crippen molar-refractivity contribution in [1.82, 2.24) is 9.78 Å². The maximum atomic E-state index is 5.51. The van der Waals surface area contributed by atoms with Gasteiger partial charge in [-0.15, -0.1) is 0 Å². The fourth-order valence-electron chi connectivity index (χ4n) is 2.09. The van der Waals surface area contributed by atoms with E-state index in [1.807, 2.05) is 10.9 Å². The minimum atomic E-state index is 0.598. The fraction of sp³-hybridized carbons (Fsp3) is 0.700. The number of aromatic nitrogens is 2. The molecule has 1 aliphatic rings. The molecule has 0 atom stereocenters. The van der Waals surface area contributed by atoms with Crippen LogP contribution in [0.15, 0.2) is 12.4 Å². The largest absolute Gasteiger partial charge is 0.326 e. The van der Waals surface area contributed by atoms with Gasteiger partial charge in [-0.1, -0.05) is 6.92 Å². The van der Waals surface area contributed by atoms with E-state index in [4.69, 9.17) is 5.73 Å². The summed E-state index contributed by atoms with van der Waals surface area (Å²) in [5, 5.41) is 4.27. The summed E-state index contributed by atoms with van der Waals surface area (Å²) in [7, 11) is 0. The van der Waals surface area contributed by atoms with E-state index in [1.165, 1.54) is 12.8 Å². The molecule has 1 heterocycles. The highest BCUT2D eigenvalue weighted by Gasteiger charge is 2.25. The highest BCUT2D eigenvalue weighted by molar-refractivity contribution is 5.02. The second kappa shape index (κ2) is 3.50. The molecule has 72 valence electrons. The van der Waals surface area contributed by atoms with Crippen molar-refractivity contribution in [1.29, 1.82) is 0 Å². The molecule has 0 aliphatic heterocycles. The summed E-state index contributed by atoms with van der Waals surface area (Å²) in [6.07, 6.45) is 6.64. The smallest absolute Gasteiger partial charge is 0.0534 e. The molecule has 0 radical (unpaired) electrons. The third-order valence-corrected chi connectivity index (χ3v) is 2.84. The second-order valence-corrected chi connectivity index (χ2v) is 4.22. The highest BCUT2D eigenvalue weighted by Crippen LogP contribution is 2.33. The van der Waals surface area contributed by atoms with Gasteiger partial charge in [-0.25, -0.2) is 0 Å². The van der Waals surface area contributed by atoms with E-state index < -0.39 is 0 Å². The Labute approximate surface area is 78.9 Å². The van der Waals surface area contributed by atoms with Gasteiger partial charge in [0.2, 0.25) is 0 Å². The SMILES string of the molecule is CC1CC(Cn2cc(CN)cn2)C1. The lowest BCUT2D eigenvalue weighted by atomic mass is 9.76. The van der Waals surface area contributed by atoms with Crippen molar-refractivity contribution in [2.75, 3.05) is 0 Å². The number of nitrogens with zero attached hydrogens (tertiary/aromatic N) is 2. The van der Waals surface area contributed by atoms with Crippen molar-refractivity contribution in [2.24, 2.45) is 17.6 Å². The lowest BCUT2D eigenvalue weighted by Gasteiger charge is -2.32. The van der Waals surface area contributed by atoms with Gasteiger partial charge in [0.1, 0.15) is 0 Å². The number of nitrogens with two attached hydrogens (primary N) is 1. The van der Waals surface area contributed by atoms with Crippen molar-refractivity contribution >= 4 is 0 Å². The topological polar surface area (TPSA) is 43.8 Å². The van der Waals surface area contributed by atoms with E-state index in [0.29, 0.717) is 6.54 Å². The Hall–Kier alpha value is -0.830. The molecule has 0 aromatic carbocycles. The summed E-state index contributed by atoms with van der Waals surface area (Å²) < 4.78 is 2.03. The molecule has 2 rings (SSSR count). The van der Waals surface area contributed by atoms with Crippen LogP contribution in [0.3, 0.4) is 0 Å². The Morgan fingerprint density at radius 3 is 2.92 bits per heavy atom. The van der Waals surface area contributed by atoms with Crippen molar-refractivity contribution in [3.05, 3.63) is 18.0 Å². The second-order valence-electron chi connectivity index (χ2n) is 4.22. The van der Waals surface area contributed by atoms with Gasteiger partial charge in [-0.3, -0.25) is 4.68 Å². The van der Waals surface area contributed by atoms with Gasteiger partial charge in [-0.2, -0.15) is 5.10 Å². The molecular weight excluding hydrogens is 162 g/mol.